The number of para-hydroxylation sites is 1. The molecule has 0 amide bonds. The van der Waals surface area contributed by atoms with Crippen LogP contribution in [0.4, 0.5) is 0 Å². The third-order valence-corrected chi connectivity index (χ3v) is 5.22. The molecule has 1 aromatic heterocycles. The summed E-state index contributed by atoms with van der Waals surface area (Å²) in [6, 6.07) is 19.3. The van der Waals surface area contributed by atoms with Crippen molar-refractivity contribution in [2.75, 3.05) is 6.61 Å². The minimum atomic E-state index is -0.450. The fourth-order valence-corrected chi connectivity index (χ4v) is 3.79. The molecule has 0 aliphatic rings. The van der Waals surface area contributed by atoms with Gasteiger partial charge in [0.2, 0.25) is 0 Å². The predicted molar refractivity (Wildman–Crippen MR) is 102 cm³/mol. The van der Waals surface area contributed by atoms with Gasteiger partial charge in [0.05, 0.1) is 12.3 Å². The molecule has 0 fully saturated rings. The first-order valence-electron chi connectivity index (χ1n) is 8.00. The highest BCUT2D eigenvalue weighted by Crippen LogP contribution is 2.39. The maximum Gasteiger partial charge on any atom is 0.323 e. The molecule has 0 bridgehead atoms. The first-order chi connectivity index (χ1) is 12.2. The zero-order valence-corrected chi connectivity index (χ0v) is 15.3. The number of carbonyl (C=O) groups excluding carboxylic acids is 1. The number of carbonyl (C=O) groups is 1. The summed E-state index contributed by atoms with van der Waals surface area (Å²) in [7, 11) is 0. The van der Waals surface area contributed by atoms with Crippen LogP contribution in [0.1, 0.15) is 17.7 Å². The average Bonchev–Trinajstić information content (AvgIpc) is 3.15. The second-order valence-corrected chi connectivity index (χ2v) is 6.94. The Balaban J connectivity index is 1.96. The average molecular weight is 372 g/mol. The van der Waals surface area contributed by atoms with E-state index in [2.05, 4.69) is 0 Å². The Morgan fingerprint density at radius 2 is 1.76 bits per heavy atom. The molecule has 25 heavy (non-hydrogen) atoms. The Bertz CT molecular complexity index is 831. The Labute approximate surface area is 156 Å². The van der Waals surface area contributed by atoms with Gasteiger partial charge in [-0.25, -0.2) is 0 Å². The van der Waals surface area contributed by atoms with Crippen molar-refractivity contribution in [1.82, 2.24) is 4.57 Å². The van der Waals surface area contributed by atoms with E-state index in [-0.39, 0.29) is 5.97 Å². The number of aromatic nitrogens is 1. The number of esters is 1. The van der Waals surface area contributed by atoms with E-state index in [4.69, 9.17) is 16.3 Å². The van der Waals surface area contributed by atoms with Crippen LogP contribution in [-0.2, 0) is 9.53 Å². The monoisotopic (exact) mass is 371 g/mol. The summed E-state index contributed by atoms with van der Waals surface area (Å²) >= 11 is 7.47. The van der Waals surface area contributed by atoms with Gasteiger partial charge in [0.15, 0.2) is 0 Å². The molecule has 1 atom stereocenters. The van der Waals surface area contributed by atoms with Crippen LogP contribution in [0.15, 0.2) is 78.0 Å². The number of hydrogen-bond acceptors (Lipinski definition) is 3. The lowest BCUT2D eigenvalue weighted by atomic mass is 10.1. The molecule has 0 saturated heterocycles. The lowest BCUT2D eigenvalue weighted by Gasteiger charge is -2.18. The zero-order valence-electron chi connectivity index (χ0n) is 13.8. The van der Waals surface area contributed by atoms with Crippen molar-refractivity contribution in [3.63, 3.8) is 0 Å². The Morgan fingerprint density at radius 1 is 1.08 bits per heavy atom. The third kappa shape index (κ3) is 4.27. The molecule has 0 spiro atoms. The summed E-state index contributed by atoms with van der Waals surface area (Å²) in [6.45, 7) is 2.16. The maximum absolute atomic E-state index is 12.5. The minimum absolute atomic E-state index is 0.253. The number of rotatable bonds is 6. The molecule has 0 N–H and O–H groups in total. The van der Waals surface area contributed by atoms with E-state index in [1.165, 1.54) is 11.8 Å². The molecule has 3 rings (SSSR count). The summed E-state index contributed by atoms with van der Waals surface area (Å²) in [4.78, 5) is 13.6. The van der Waals surface area contributed by atoms with Crippen molar-refractivity contribution in [3.05, 3.63) is 83.6 Å². The second kappa shape index (κ2) is 8.28. The van der Waals surface area contributed by atoms with Crippen molar-refractivity contribution in [2.45, 2.75) is 17.1 Å². The van der Waals surface area contributed by atoms with Crippen molar-refractivity contribution < 1.29 is 9.53 Å². The molecule has 128 valence electrons. The predicted octanol–water partition coefficient (Wildman–Crippen LogP) is 5.53. The van der Waals surface area contributed by atoms with Crippen LogP contribution < -0.4 is 0 Å². The van der Waals surface area contributed by atoms with Crippen LogP contribution in [0.25, 0.3) is 5.69 Å². The number of nitrogens with zero attached hydrogens (tertiary/aromatic N) is 1. The first-order valence-corrected chi connectivity index (χ1v) is 9.26. The van der Waals surface area contributed by atoms with Crippen molar-refractivity contribution in [3.8, 4) is 5.69 Å². The SMILES string of the molecule is CCOC(=O)C(Sc1ccccc1-n1cccc1)c1ccc(Cl)cc1. The van der Waals surface area contributed by atoms with Crippen LogP contribution >= 0.6 is 23.4 Å². The lowest BCUT2D eigenvalue weighted by molar-refractivity contribution is -0.142. The number of thioether (sulfide) groups is 1. The number of ether oxygens (including phenoxy) is 1. The molecule has 5 heteroatoms. The summed E-state index contributed by atoms with van der Waals surface area (Å²) in [5, 5.41) is 0.193. The summed E-state index contributed by atoms with van der Waals surface area (Å²) in [5.74, 6) is -0.253. The van der Waals surface area contributed by atoms with Crippen LogP contribution in [0.3, 0.4) is 0 Å². The fourth-order valence-electron chi connectivity index (χ4n) is 2.50. The Hall–Kier alpha value is -2.17. The van der Waals surface area contributed by atoms with E-state index in [0.29, 0.717) is 11.6 Å². The molecule has 0 aliphatic heterocycles. The highest BCUT2D eigenvalue weighted by Gasteiger charge is 2.24. The largest absolute Gasteiger partial charge is 0.465 e. The van der Waals surface area contributed by atoms with Crippen molar-refractivity contribution in [2.24, 2.45) is 0 Å². The van der Waals surface area contributed by atoms with Gasteiger partial charge in [-0.15, -0.1) is 11.8 Å². The van der Waals surface area contributed by atoms with Gasteiger partial charge in [0.1, 0.15) is 5.25 Å². The minimum Gasteiger partial charge on any atom is -0.465 e. The normalized spacial score (nSPS) is 11.9. The smallest absolute Gasteiger partial charge is 0.323 e. The highest BCUT2D eigenvalue weighted by molar-refractivity contribution is 8.00. The third-order valence-electron chi connectivity index (χ3n) is 3.67. The van der Waals surface area contributed by atoms with Crippen molar-refractivity contribution in [1.29, 1.82) is 0 Å². The van der Waals surface area contributed by atoms with Crippen LogP contribution in [0.2, 0.25) is 5.02 Å². The molecule has 0 saturated carbocycles. The van der Waals surface area contributed by atoms with Crippen molar-refractivity contribution >= 4 is 29.3 Å². The van der Waals surface area contributed by atoms with Gasteiger partial charge >= 0.3 is 5.97 Å². The van der Waals surface area contributed by atoms with Crippen LogP contribution in [0.5, 0.6) is 0 Å². The van der Waals surface area contributed by atoms with E-state index >= 15 is 0 Å². The summed E-state index contributed by atoms with van der Waals surface area (Å²) < 4.78 is 7.33. The van der Waals surface area contributed by atoms with Gasteiger partial charge in [0.25, 0.3) is 0 Å². The van der Waals surface area contributed by atoms with Gasteiger partial charge in [-0.3, -0.25) is 4.79 Å². The van der Waals surface area contributed by atoms with E-state index in [1.54, 1.807) is 12.1 Å². The second-order valence-electron chi connectivity index (χ2n) is 5.36. The molecular weight excluding hydrogens is 354 g/mol. The quantitative estimate of drug-likeness (QED) is 0.422. The topological polar surface area (TPSA) is 31.2 Å². The highest BCUT2D eigenvalue weighted by atomic mass is 35.5. The zero-order chi connectivity index (χ0) is 17.6. The molecule has 1 unspecified atom stereocenters. The molecule has 2 aromatic carbocycles. The molecule has 1 heterocycles. The molecule has 0 aliphatic carbocycles. The van der Waals surface area contributed by atoms with Gasteiger partial charge < -0.3 is 9.30 Å². The molecular formula is C20H18ClNO2S. The van der Waals surface area contributed by atoms with E-state index < -0.39 is 5.25 Å². The van der Waals surface area contributed by atoms with E-state index in [9.17, 15) is 4.79 Å². The number of halogens is 1. The van der Waals surface area contributed by atoms with Crippen LogP contribution in [0, 0.1) is 0 Å². The number of hydrogen-bond donors (Lipinski definition) is 0. The molecule has 0 radical (unpaired) electrons. The summed E-state index contributed by atoms with van der Waals surface area (Å²) in [5.41, 5.74) is 1.90. The van der Waals surface area contributed by atoms with Crippen LogP contribution in [-0.4, -0.2) is 17.1 Å². The van der Waals surface area contributed by atoms with E-state index in [1.807, 2.05) is 72.4 Å². The maximum atomic E-state index is 12.5. The Morgan fingerprint density at radius 3 is 2.44 bits per heavy atom. The van der Waals surface area contributed by atoms with Gasteiger partial charge in [-0.1, -0.05) is 35.9 Å². The first kappa shape index (κ1) is 17.6. The van der Waals surface area contributed by atoms with Gasteiger partial charge in [-0.05, 0) is 48.9 Å². The number of benzene rings is 2. The van der Waals surface area contributed by atoms with Gasteiger partial charge in [-0.2, -0.15) is 0 Å². The lowest BCUT2D eigenvalue weighted by Crippen LogP contribution is -2.13. The van der Waals surface area contributed by atoms with Gasteiger partial charge in [0, 0.05) is 22.3 Å². The fraction of sp³-hybridized carbons (Fsp3) is 0.150. The molecule has 3 aromatic rings. The van der Waals surface area contributed by atoms with E-state index in [0.717, 1.165) is 16.1 Å². The summed E-state index contributed by atoms with van der Waals surface area (Å²) in [6.07, 6.45) is 3.97. The molecule has 3 nitrogen and oxygen atoms in total. The standard InChI is InChI=1S/C20H18ClNO2S/c1-2-24-20(23)19(15-9-11-16(21)12-10-15)25-18-8-4-3-7-17(18)22-13-5-6-14-22/h3-14,19H,2H2,1H3. The Kier molecular flexibility index (Phi) is 5.84.